The molecule has 0 bridgehead atoms. The minimum Gasteiger partial charge on any atom is -0.399 e. The Labute approximate surface area is 180 Å². The molecule has 1 amide bonds. The molecule has 0 spiro atoms. The number of nitrogens with zero attached hydrogens (tertiary/aromatic N) is 3. The monoisotopic (exact) mass is 422 g/mol. The number of carbonyl (C=O) groups is 2. The zero-order valence-electron chi connectivity index (χ0n) is 17.4. The first kappa shape index (κ1) is 21.1. The summed E-state index contributed by atoms with van der Waals surface area (Å²) in [7, 11) is 1.42. The average molecular weight is 422 g/mol. The normalized spacial score (nSPS) is 24.9. The number of hydrogen-bond acceptors (Lipinski definition) is 7. The third kappa shape index (κ3) is 4.50. The molecule has 2 saturated heterocycles. The van der Waals surface area contributed by atoms with Gasteiger partial charge in [0.15, 0.2) is 5.78 Å². The number of β-amino-alcohol motifs (C(OH)–C–C–N with tert-alkyl or cyclic N) is 1. The SMILES string of the molecule is CON=C1CN[C@H](C(=O)N2CCCC(O)C2)C1C(=O)c1ccc(-c2cccnc2)cc1. The molecule has 1 aromatic carbocycles. The van der Waals surface area contributed by atoms with Gasteiger partial charge in [0, 0.05) is 37.6 Å². The van der Waals surface area contributed by atoms with E-state index in [0.717, 1.165) is 17.5 Å². The van der Waals surface area contributed by atoms with Crippen molar-refractivity contribution < 1.29 is 19.5 Å². The number of amides is 1. The van der Waals surface area contributed by atoms with Gasteiger partial charge < -0.3 is 14.8 Å². The molecule has 2 aromatic rings. The van der Waals surface area contributed by atoms with Crippen molar-refractivity contribution in [3.63, 3.8) is 0 Å². The van der Waals surface area contributed by atoms with Gasteiger partial charge in [-0.3, -0.25) is 19.9 Å². The highest BCUT2D eigenvalue weighted by Crippen LogP contribution is 2.25. The first-order valence-electron chi connectivity index (χ1n) is 10.4. The minimum atomic E-state index is -0.754. The fraction of sp³-hybridized carbons (Fsp3) is 0.391. The topological polar surface area (TPSA) is 104 Å². The lowest BCUT2D eigenvalue weighted by atomic mass is 9.88. The highest BCUT2D eigenvalue weighted by atomic mass is 16.6. The van der Waals surface area contributed by atoms with E-state index < -0.39 is 18.1 Å². The minimum absolute atomic E-state index is 0.186. The highest BCUT2D eigenvalue weighted by molar-refractivity contribution is 6.17. The number of aromatic nitrogens is 1. The second-order valence-electron chi connectivity index (χ2n) is 7.87. The zero-order chi connectivity index (χ0) is 21.8. The van der Waals surface area contributed by atoms with Gasteiger partial charge in [0.05, 0.1) is 17.7 Å². The summed E-state index contributed by atoms with van der Waals surface area (Å²) < 4.78 is 0. The Kier molecular flexibility index (Phi) is 6.39. The molecule has 3 atom stereocenters. The van der Waals surface area contributed by atoms with E-state index in [9.17, 15) is 14.7 Å². The number of Topliss-reactive ketones (excluding diaryl/α,β-unsaturated/α-hetero) is 1. The molecule has 3 heterocycles. The lowest BCUT2D eigenvalue weighted by molar-refractivity contribution is -0.136. The third-order valence-corrected chi connectivity index (χ3v) is 5.82. The number of rotatable bonds is 5. The number of aliphatic hydroxyl groups is 1. The van der Waals surface area contributed by atoms with Crippen molar-refractivity contribution in [3.05, 3.63) is 54.4 Å². The number of oxime groups is 1. The average Bonchev–Trinajstić information content (AvgIpc) is 3.22. The van der Waals surface area contributed by atoms with E-state index in [0.29, 0.717) is 30.8 Å². The van der Waals surface area contributed by atoms with Crippen molar-refractivity contribution in [2.45, 2.75) is 25.0 Å². The van der Waals surface area contributed by atoms with Crippen LogP contribution in [0, 0.1) is 5.92 Å². The van der Waals surface area contributed by atoms with Crippen LogP contribution in [0.25, 0.3) is 11.1 Å². The second kappa shape index (κ2) is 9.36. The van der Waals surface area contributed by atoms with Crippen LogP contribution in [-0.2, 0) is 9.63 Å². The van der Waals surface area contributed by atoms with Gasteiger partial charge in [-0.25, -0.2) is 0 Å². The predicted octanol–water partition coefficient (Wildman–Crippen LogP) is 1.50. The van der Waals surface area contributed by atoms with Crippen molar-refractivity contribution in [3.8, 4) is 11.1 Å². The van der Waals surface area contributed by atoms with Crippen molar-refractivity contribution in [2.24, 2.45) is 11.1 Å². The number of benzene rings is 1. The highest BCUT2D eigenvalue weighted by Gasteiger charge is 2.45. The van der Waals surface area contributed by atoms with Gasteiger partial charge >= 0.3 is 0 Å². The maximum atomic E-state index is 13.4. The maximum absolute atomic E-state index is 13.4. The number of aliphatic hydroxyl groups excluding tert-OH is 1. The smallest absolute Gasteiger partial charge is 0.240 e. The van der Waals surface area contributed by atoms with Crippen LogP contribution >= 0.6 is 0 Å². The Morgan fingerprint density at radius 3 is 2.71 bits per heavy atom. The van der Waals surface area contributed by atoms with E-state index in [1.807, 2.05) is 24.3 Å². The zero-order valence-corrected chi connectivity index (χ0v) is 17.4. The van der Waals surface area contributed by atoms with Crippen LogP contribution in [-0.4, -0.2) is 71.3 Å². The Bertz CT molecular complexity index is 961. The van der Waals surface area contributed by atoms with Crippen molar-refractivity contribution in [1.29, 1.82) is 0 Å². The molecule has 2 N–H and O–H groups in total. The standard InChI is InChI=1S/C23H26N4O4/c1-31-26-19-13-25-21(23(30)27-11-3-5-18(28)14-27)20(19)22(29)16-8-6-15(7-9-16)17-4-2-10-24-12-17/h2,4,6-10,12,18,20-21,25,28H,3,5,11,13-14H2,1H3/t18?,20?,21-/m0/s1. The van der Waals surface area contributed by atoms with Crippen LogP contribution in [0.15, 0.2) is 53.9 Å². The first-order valence-corrected chi connectivity index (χ1v) is 10.4. The number of hydrogen-bond donors (Lipinski definition) is 2. The van der Waals surface area contributed by atoms with Crippen molar-refractivity contribution >= 4 is 17.4 Å². The molecule has 31 heavy (non-hydrogen) atoms. The Morgan fingerprint density at radius 2 is 2.03 bits per heavy atom. The lowest BCUT2D eigenvalue weighted by Gasteiger charge is -2.33. The molecule has 2 fully saturated rings. The summed E-state index contributed by atoms with van der Waals surface area (Å²) in [5, 5.41) is 17.1. The van der Waals surface area contributed by atoms with Gasteiger partial charge in [-0.05, 0) is 30.0 Å². The van der Waals surface area contributed by atoms with Gasteiger partial charge in [0.25, 0.3) is 0 Å². The van der Waals surface area contributed by atoms with Crippen LogP contribution in [0.4, 0.5) is 0 Å². The van der Waals surface area contributed by atoms with E-state index in [2.05, 4.69) is 15.5 Å². The van der Waals surface area contributed by atoms with Gasteiger partial charge in [-0.15, -0.1) is 0 Å². The maximum Gasteiger partial charge on any atom is 0.240 e. The first-order chi connectivity index (χ1) is 15.1. The van der Waals surface area contributed by atoms with Crippen LogP contribution in [0.5, 0.6) is 0 Å². The van der Waals surface area contributed by atoms with Gasteiger partial charge in [-0.2, -0.15) is 0 Å². The predicted molar refractivity (Wildman–Crippen MR) is 116 cm³/mol. The Balaban J connectivity index is 1.58. The van der Waals surface area contributed by atoms with Gasteiger partial charge in [-0.1, -0.05) is 35.5 Å². The van der Waals surface area contributed by atoms with Crippen LogP contribution in [0.2, 0.25) is 0 Å². The lowest BCUT2D eigenvalue weighted by Crippen LogP contribution is -2.52. The van der Waals surface area contributed by atoms with E-state index >= 15 is 0 Å². The number of nitrogens with one attached hydrogen (secondary N) is 1. The molecule has 8 heteroatoms. The Morgan fingerprint density at radius 1 is 1.23 bits per heavy atom. The molecule has 2 aliphatic rings. The van der Waals surface area contributed by atoms with E-state index in [1.54, 1.807) is 29.4 Å². The van der Waals surface area contributed by atoms with Crippen LogP contribution in [0.1, 0.15) is 23.2 Å². The van der Waals surface area contributed by atoms with E-state index in [-0.39, 0.29) is 18.2 Å². The number of ketones is 1. The Hall–Kier alpha value is -3.10. The quantitative estimate of drug-likeness (QED) is 0.559. The van der Waals surface area contributed by atoms with Gasteiger partial charge in [0.2, 0.25) is 5.91 Å². The summed E-state index contributed by atoms with van der Waals surface area (Å²) in [4.78, 5) is 37.3. The largest absolute Gasteiger partial charge is 0.399 e. The number of likely N-dealkylation sites (tertiary alicyclic amines) is 1. The molecule has 2 unspecified atom stereocenters. The molecule has 8 nitrogen and oxygen atoms in total. The summed E-state index contributed by atoms with van der Waals surface area (Å²) in [6.45, 7) is 1.16. The summed E-state index contributed by atoms with van der Waals surface area (Å²) in [5.41, 5.74) is 2.92. The molecule has 0 saturated carbocycles. The molecule has 1 aromatic heterocycles. The number of piperidine rings is 1. The third-order valence-electron chi connectivity index (χ3n) is 5.82. The molecule has 0 radical (unpaired) electrons. The number of carbonyl (C=O) groups excluding carboxylic acids is 2. The van der Waals surface area contributed by atoms with E-state index in [1.165, 1.54) is 7.11 Å². The molecule has 4 rings (SSSR count). The fourth-order valence-electron chi connectivity index (χ4n) is 4.27. The van der Waals surface area contributed by atoms with Crippen molar-refractivity contribution in [2.75, 3.05) is 26.7 Å². The van der Waals surface area contributed by atoms with E-state index in [4.69, 9.17) is 4.84 Å². The summed E-state index contributed by atoms with van der Waals surface area (Å²) in [5.74, 6) is -1.13. The second-order valence-corrected chi connectivity index (χ2v) is 7.87. The molecular weight excluding hydrogens is 396 g/mol. The fourth-order valence-corrected chi connectivity index (χ4v) is 4.27. The molecular formula is C23H26N4O4. The van der Waals surface area contributed by atoms with Gasteiger partial charge in [0.1, 0.15) is 13.2 Å². The van der Waals surface area contributed by atoms with Crippen LogP contribution in [0.3, 0.4) is 0 Å². The molecule has 2 aliphatic heterocycles. The summed E-state index contributed by atoms with van der Waals surface area (Å²) in [6, 6.07) is 10.4. The van der Waals surface area contributed by atoms with Crippen LogP contribution < -0.4 is 5.32 Å². The summed E-state index contributed by atoms with van der Waals surface area (Å²) in [6.07, 6.45) is 4.38. The van der Waals surface area contributed by atoms with Crippen molar-refractivity contribution in [1.82, 2.24) is 15.2 Å². The number of pyridine rings is 1. The molecule has 162 valence electrons. The molecule has 0 aliphatic carbocycles. The summed E-state index contributed by atoms with van der Waals surface area (Å²) >= 11 is 0.